The molecule has 0 radical (unpaired) electrons. The molecule has 0 saturated carbocycles. The number of amides is 1. The zero-order valence-corrected chi connectivity index (χ0v) is 9.93. The van der Waals surface area contributed by atoms with Crippen LogP contribution in [-0.4, -0.2) is 23.9 Å². The number of nitrogens with two attached hydrogens (primary N) is 2. The number of nitrogen functional groups attached to an aromatic ring is 1. The number of primary amides is 1. The first kappa shape index (κ1) is 11.9. The molecule has 0 aromatic heterocycles. The Hall–Kier alpha value is -1.55. The van der Waals surface area contributed by atoms with Crippen molar-refractivity contribution in [3.05, 3.63) is 29.8 Å². The Bertz CT molecular complexity index is 405. The molecule has 1 amide bonds. The van der Waals surface area contributed by atoms with E-state index in [2.05, 4.69) is 11.0 Å². The van der Waals surface area contributed by atoms with Crippen LogP contribution in [0.25, 0.3) is 0 Å². The minimum atomic E-state index is -0.178. The lowest BCUT2D eigenvalue weighted by Gasteiger charge is -2.31. The molecule has 1 aromatic carbocycles. The fourth-order valence-corrected chi connectivity index (χ4v) is 2.38. The number of hydrogen-bond donors (Lipinski definition) is 2. The first-order chi connectivity index (χ1) is 8.15. The summed E-state index contributed by atoms with van der Waals surface area (Å²) in [4.78, 5) is 13.5. The van der Waals surface area contributed by atoms with Gasteiger partial charge in [0.15, 0.2) is 0 Å². The maximum atomic E-state index is 11.2. The van der Waals surface area contributed by atoms with Gasteiger partial charge in [0.25, 0.3) is 0 Å². The van der Waals surface area contributed by atoms with Crippen LogP contribution in [0.5, 0.6) is 0 Å². The average molecular weight is 233 g/mol. The van der Waals surface area contributed by atoms with Crippen LogP contribution in [0.1, 0.15) is 18.4 Å². The molecule has 17 heavy (non-hydrogen) atoms. The number of benzene rings is 1. The number of rotatable bonds is 3. The fourth-order valence-electron chi connectivity index (χ4n) is 2.38. The van der Waals surface area contributed by atoms with Gasteiger partial charge in [0.1, 0.15) is 0 Å². The van der Waals surface area contributed by atoms with Crippen LogP contribution in [0, 0.1) is 5.92 Å². The second-order valence-electron chi connectivity index (χ2n) is 4.72. The minimum Gasteiger partial charge on any atom is -0.399 e. The van der Waals surface area contributed by atoms with Crippen LogP contribution in [0.15, 0.2) is 24.3 Å². The molecule has 4 nitrogen and oxygen atoms in total. The molecule has 0 aliphatic carbocycles. The van der Waals surface area contributed by atoms with E-state index in [1.165, 1.54) is 5.56 Å². The first-order valence-electron chi connectivity index (χ1n) is 6.01. The van der Waals surface area contributed by atoms with E-state index in [4.69, 9.17) is 11.5 Å². The van der Waals surface area contributed by atoms with Crippen molar-refractivity contribution in [3.8, 4) is 0 Å². The largest absolute Gasteiger partial charge is 0.399 e. The quantitative estimate of drug-likeness (QED) is 0.764. The molecule has 4 N–H and O–H groups in total. The third-order valence-electron chi connectivity index (χ3n) is 3.27. The van der Waals surface area contributed by atoms with Gasteiger partial charge in [0.2, 0.25) is 5.91 Å². The van der Waals surface area contributed by atoms with Gasteiger partial charge in [-0.05, 0) is 37.1 Å². The maximum absolute atomic E-state index is 11.2. The summed E-state index contributed by atoms with van der Waals surface area (Å²) in [7, 11) is 0. The molecule has 0 spiro atoms. The van der Waals surface area contributed by atoms with E-state index >= 15 is 0 Å². The number of hydrogen-bond acceptors (Lipinski definition) is 3. The predicted octanol–water partition coefficient (Wildman–Crippen LogP) is 0.966. The van der Waals surface area contributed by atoms with Crippen molar-refractivity contribution in [2.24, 2.45) is 11.7 Å². The zero-order chi connectivity index (χ0) is 12.3. The summed E-state index contributed by atoms with van der Waals surface area (Å²) in [6, 6.07) is 7.88. The van der Waals surface area contributed by atoms with E-state index in [9.17, 15) is 4.79 Å². The smallest absolute Gasteiger partial charge is 0.221 e. The highest BCUT2D eigenvalue weighted by Crippen LogP contribution is 2.18. The fraction of sp³-hybridized carbons (Fsp3) is 0.462. The summed E-state index contributed by atoms with van der Waals surface area (Å²) in [6.45, 7) is 2.64. The highest BCUT2D eigenvalue weighted by molar-refractivity contribution is 5.76. The molecule has 1 saturated heterocycles. The predicted molar refractivity (Wildman–Crippen MR) is 68.0 cm³/mol. The number of nitrogens with zero attached hydrogens (tertiary/aromatic N) is 1. The Morgan fingerprint density at radius 1 is 1.47 bits per heavy atom. The molecule has 0 unspecified atom stereocenters. The van der Waals surface area contributed by atoms with Gasteiger partial charge < -0.3 is 11.5 Å². The summed E-state index contributed by atoms with van der Waals surface area (Å²) in [5, 5.41) is 0. The third kappa shape index (κ3) is 3.20. The molecule has 1 aromatic rings. The SMILES string of the molecule is NC(=O)[C@@H]1CCCN(Cc2cccc(N)c2)C1. The Morgan fingerprint density at radius 2 is 2.29 bits per heavy atom. The first-order valence-corrected chi connectivity index (χ1v) is 6.01. The van der Waals surface area contributed by atoms with E-state index in [0.29, 0.717) is 0 Å². The molecule has 1 heterocycles. The van der Waals surface area contributed by atoms with E-state index in [0.717, 1.165) is 38.2 Å². The lowest BCUT2D eigenvalue weighted by atomic mass is 9.97. The Kier molecular flexibility index (Phi) is 3.64. The minimum absolute atomic E-state index is 0.00445. The molecule has 92 valence electrons. The van der Waals surface area contributed by atoms with Gasteiger partial charge in [-0.15, -0.1) is 0 Å². The highest BCUT2D eigenvalue weighted by Gasteiger charge is 2.23. The second-order valence-corrected chi connectivity index (χ2v) is 4.72. The van der Waals surface area contributed by atoms with E-state index < -0.39 is 0 Å². The van der Waals surface area contributed by atoms with Gasteiger partial charge in [-0.2, -0.15) is 0 Å². The lowest BCUT2D eigenvalue weighted by molar-refractivity contribution is -0.123. The summed E-state index contributed by atoms with van der Waals surface area (Å²) in [6.07, 6.45) is 1.96. The molecule has 1 fully saturated rings. The molecule has 2 rings (SSSR count). The molecule has 4 heteroatoms. The Morgan fingerprint density at radius 3 is 3.00 bits per heavy atom. The lowest BCUT2D eigenvalue weighted by Crippen LogP contribution is -2.40. The van der Waals surface area contributed by atoms with Crippen molar-refractivity contribution in [2.75, 3.05) is 18.8 Å². The second kappa shape index (κ2) is 5.19. The standard InChI is InChI=1S/C13H19N3O/c14-12-5-1-3-10(7-12)8-16-6-2-4-11(9-16)13(15)17/h1,3,5,7,11H,2,4,6,8-9,14H2,(H2,15,17)/t11-/m1/s1. The van der Waals surface area contributed by atoms with Crippen LogP contribution in [-0.2, 0) is 11.3 Å². The van der Waals surface area contributed by atoms with Crippen LogP contribution in [0.4, 0.5) is 5.69 Å². The highest BCUT2D eigenvalue weighted by atomic mass is 16.1. The number of anilines is 1. The molecule has 1 atom stereocenters. The topological polar surface area (TPSA) is 72.4 Å². The van der Waals surface area contributed by atoms with Crippen molar-refractivity contribution >= 4 is 11.6 Å². The molecular formula is C13H19N3O. The van der Waals surface area contributed by atoms with E-state index in [-0.39, 0.29) is 11.8 Å². The maximum Gasteiger partial charge on any atom is 0.221 e. The number of likely N-dealkylation sites (tertiary alicyclic amines) is 1. The zero-order valence-electron chi connectivity index (χ0n) is 9.93. The van der Waals surface area contributed by atoms with Gasteiger partial charge in [0, 0.05) is 18.8 Å². The van der Waals surface area contributed by atoms with Crippen LogP contribution in [0.3, 0.4) is 0 Å². The summed E-state index contributed by atoms with van der Waals surface area (Å²) in [5.41, 5.74) is 13.1. The van der Waals surface area contributed by atoms with Gasteiger partial charge in [-0.25, -0.2) is 0 Å². The van der Waals surface area contributed by atoms with Crippen molar-refractivity contribution < 1.29 is 4.79 Å². The van der Waals surface area contributed by atoms with Crippen molar-refractivity contribution in [3.63, 3.8) is 0 Å². The molecule has 0 bridgehead atoms. The van der Waals surface area contributed by atoms with Crippen molar-refractivity contribution in [2.45, 2.75) is 19.4 Å². The third-order valence-corrected chi connectivity index (χ3v) is 3.27. The van der Waals surface area contributed by atoms with Gasteiger partial charge in [-0.3, -0.25) is 9.69 Å². The van der Waals surface area contributed by atoms with Crippen LogP contribution >= 0.6 is 0 Å². The monoisotopic (exact) mass is 233 g/mol. The van der Waals surface area contributed by atoms with Gasteiger partial charge in [-0.1, -0.05) is 12.1 Å². The van der Waals surface area contributed by atoms with Gasteiger partial charge in [0.05, 0.1) is 5.92 Å². The normalized spacial score (nSPS) is 21.3. The van der Waals surface area contributed by atoms with Gasteiger partial charge >= 0.3 is 0 Å². The molecule has 1 aliphatic rings. The number of carbonyl (C=O) groups is 1. The summed E-state index contributed by atoms with van der Waals surface area (Å²) in [5.74, 6) is -0.174. The van der Waals surface area contributed by atoms with Crippen molar-refractivity contribution in [1.29, 1.82) is 0 Å². The van der Waals surface area contributed by atoms with Crippen LogP contribution in [0.2, 0.25) is 0 Å². The average Bonchev–Trinajstić information content (AvgIpc) is 2.29. The Labute approximate surface area is 102 Å². The van der Waals surface area contributed by atoms with Crippen molar-refractivity contribution in [1.82, 2.24) is 4.90 Å². The van der Waals surface area contributed by atoms with Crippen LogP contribution < -0.4 is 11.5 Å². The van der Waals surface area contributed by atoms with E-state index in [1.54, 1.807) is 0 Å². The Balaban J connectivity index is 1.97. The molecular weight excluding hydrogens is 214 g/mol. The number of piperidine rings is 1. The summed E-state index contributed by atoms with van der Waals surface area (Å²) >= 11 is 0. The summed E-state index contributed by atoms with van der Waals surface area (Å²) < 4.78 is 0. The molecule has 1 aliphatic heterocycles. The number of carbonyl (C=O) groups excluding carboxylic acids is 1. The van der Waals surface area contributed by atoms with E-state index in [1.807, 2.05) is 18.2 Å².